The van der Waals surface area contributed by atoms with Gasteiger partial charge in [-0.05, 0) is 30.9 Å². The van der Waals surface area contributed by atoms with E-state index in [1.807, 2.05) is 6.07 Å². The number of nitrogens with one attached hydrogen (secondary N) is 1. The molecule has 0 aliphatic heterocycles. The smallest absolute Gasteiger partial charge is 0.284 e. The van der Waals surface area contributed by atoms with E-state index in [1.165, 1.54) is 32.1 Å². The summed E-state index contributed by atoms with van der Waals surface area (Å²) in [6.07, 6.45) is 6.39. The van der Waals surface area contributed by atoms with E-state index in [9.17, 15) is 8.78 Å². The third kappa shape index (κ3) is 4.77. The fraction of sp³-hybridized carbons (Fsp3) is 0.733. The van der Waals surface area contributed by atoms with Gasteiger partial charge in [0.25, 0.3) is 5.76 Å². The zero-order chi connectivity index (χ0) is 14.4. The second-order valence-corrected chi connectivity index (χ2v) is 6.36. The highest BCUT2D eigenvalue weighted by molar-refractivity contribution is 7.98. The lowest BCUT2D eigenvalue weighted by molar-refractivity contribution is 0.248. The monoisotopic (exact) mass is 303 g/mol. The van der Waals surface area contributed by atoms with E-state index in [4.69, 9.17) is 4.42 Å². The van der Waals surface area contributed by atoms with Crippen molar-refractivity contribution >= 4 is 11.8 Å². The van der Waals surface area contributed by atoms with Crippen LogP contribution in [0.2, 0.25) is 0 Å². The Morgan fingerprint density at radius 1 is 1.30 bits per heavy atom. The molecule has 0 aromatic carbocycles. The average Bonchev–Trinajstić information content (AvgIpc) is 2.91. The maximum atomic E-state index is 12.1. The molecule has 0 spiro atoms. The molecular formula is C15H23F2NOS. The summed E-state index contributed by atoms with van der Waals surface area (Å²) in [5, 5.41) is 3.57. The minimum absolute atomic E-state index is 0.235. The second kappa shape index (κ2) is 8.03. The first-order valence-corrected chi connectivity index (χ1v) is 8.44. The van der Waals surface area contributed by atoms with Gasteiger partial charge >= 0.3 is 0 Å². The summed E-state index contributed by atoms with van der Waals surface area (Å²) in [7, 11) is 0. The number of hydrogen-bond acceptors (Lipinski definition) is 3. The molecule has 1 saturated carbocycles. The molecule has 1 aromatic rings. The summed E-state index contributed by atoms with van der Waals surface area (Å²) < 4.78 is 29.8. The Labute approximate surface area is 123 Å². The van der Waals surface area contributed by atoms with Crippen LogP contribution < -0.4 is 5.32 Å². The molecule has 0 saturated heterocycles. The number of thioether (sulfide) groups is 1. The van der Waals surface area contributed by atoms with Crippen molar-refractivity contribution in [2.45, 2.75) is 63.1 Å². The predicted molar refractivity (Wildman–Crippen MR) is 78.9 cm³/mol. The third-order valence-corrected chi connectivity index (χ3v) is 4.74. The third-order valence-electron chi connectivity index (χ3n) is 4.04. The highest BCUT2D eigenvalue weighted by Crippen LogP contribution is 2.27. The van der Waals surface area contributed by atoms with Crippen LogP contribution in [0.4, 0.5) is 8.78 Å². The summed E-state index contributed by atoms with van der Waals surface area (Å²) >= 11 is 0.600. The van der Waals surface area contributed by atoms with Gasteiger partial charge in [-0.15, -0.1) is 0 Å². The van der Waals surface area contributed by atoms with Crippen LogP contribution in [-0.2, 0) is 12.3 Å². The van der Waals surface area contributed by atoms with Crippen LogP contribution in [0, 0.1) is 5.92 Å². The molecule has 1 fully saturated rings. The lowest BCUT2D eigenvalue weighted by Crippen LogP contribution is -2.37. The summed E-state index contributed by atoms with van der Waals surface area (Å²) in [5.41, 5.74) is 0. The first kappa shape index (κ1) is 15.8. The molecule has 1 heterocycles. The zero-order valence-corrected chi connectivity index (χ0v) is 12.7. The van der Waals surface area contributed by atoms with Crippen LogP contribution in [0.15, 0.2) is 16.5 Å². The highest BCUT2D eigenvalue weighted by Gasteiger charge is 2.23. The van der Waals surface area contributed by atoms with Gasteiger partial charge in [-0.2, -0.15) is 8.78 Å². The minimum atomic E-state index is -2.34. The largest absolute Gasteiger partial charge is 0.464 e. The molecule has 1 N–H and O–H groups in total. The summed E-state index contributed by atoms with van der Waals surface area (Å²) in [6, 6.07) is 4.25. The van der Waals surface area contributed by atoms with Crippen molar-refractivity contribution in [3.05, 3.63) is 23.7 Å². The molecule has 0 amide bonds. The number of alkyl halides is 2. The van der Waals surface area contributed by atoms with Gasteiger partial charge < -0.3 is 9.73 Å². The van der Waals surface area contributed by atoms with Crippen molar-refractivity contribution in [1.29, 1.82) is 0 Å². The molecule has 2 unspecified atom stereocenters. The van der Waals surface area contributed by atoms with Gasteiger partial charge in [0.1, 0.15) is 11.5 Å². The van der Waals surface area contributed by atoms with Gasteiger partial charge in [0.05, 0.1) is 12.3 Å². The first-order chi connectivity index (χ1) is 9.69. The Morgan fingerprint density at radius 3 is 2.80 bits per heavy atom. The highest BCUT2D eigenvalue weighted by atomic mass is 32.2. The quantitative estimate of drug-likeness (QED) is 0.783. The van der Waals surface area contributed by atoms with Crippen molar-refractivity contribution in [2.75, 3.05) is 0 Å². The van der Waals surface area contributed by atoms with Gasteiger partial charge in [-0.3, -0.25) is 0 Å². The van der Waals surface area contributed by atoms with E-state index >= 15 is 0 Å². The predicted octanol–water partition coefficient (Wildman–Crippen LogP) is 4.79. The van der Waals surface area contributed by atoms with Crippen molar-refractivity contribution in [3.63, 3.8) is 0 Å². The van der Waals surface area contributed by atoms with Gasteiger partial charge in [0, 0.05) is 6.04 Å². The van der Waals surface area contributed by atoms with Gasteiger partial charge in [0.15, 0.2) is 0 Å². The van der Waals surface area contributed by atoms with Gasteiger partial charge in [0.2, 0.25) is 0 Å². The Kier molecular flexibility index (Phi) is 6.36. The van der Waals surface area contributed by atoms with Crippen molar-refractivity contribution in [1.82, 2.24) is 5.32 Å². The minimum Gasteiger partial charge on any atom is -0.464 e. The molecule has 0 radical (unpaired) electrons. The van der Waals surface area contributed by atoms with Crippen LogP contribution in [0.1, 0.15) is 50.5 Å². The average molecular weight is 303 g/mol. The molecule has 114 valence electrons. The van der Waals surface area contributed by atoms with Crippen molar-refractivity contribution in [2.24, 2.45) is 5.92 Å². The molecule has 1 aromatic heterocycles. The Hall–Kier alpha value is -0.550. The van der Waals surface area contributed by atoms with Crippen molar-refractivity contribution < 1.29 is 13.2 Å². The molecular weight excluding hydrogens is 280 g/mol. The van der Waals surface area contributed by atoms with Crippen LogP contribution >= 0.6 is 11.8 Å². The number of hydrogen-bond donors (Lipinski definition) is 1. The van der Waals surface area contributed by atoms with Gasteiger partial charge in [-0.25, -0.2) is 0 Å². The van der Waals surface area contributed by atoms with E-state index in [2.05, 4.69) is 12.2 Å². The fourth-order valence-electron chi connectivity index (χ4n) is 2.94. The topological polar surface area (TPSA) is 25.2 Å². The lowest BCUT2D eigenvalue weighted by Gasteiger charge is -2.31. The van der Waals surface area contributed by atoms with E-state index in [0.717, 1.165) is 11.7 Å². The van der Waals surface area contributed by atoms with Gasteiger partial charge in [-0.1, -0.05) is 37.9 Å². The molecule has 2 rings (SSSR count). The summed E-state index contributed by atoms with van der Waals surface area (Å²) in [6.45, 7) is 2.94. The SMILES string of the molecule is CCC1CCCCC1NCc1ccc(CSC(F)F)o1. The van der Waals surface area contributed by atoms with Crippen LogP contribution in [0.5, 0.6) is 0 Å². The zero-order valence-electron chi connectivity index (χ0n) is 11.9. The van der Waals surface area contributed by atoms with Crippen molar-refractivity contribution in [3.8, 4) is 0 Å². The molecule has 2 nitrogen and oxygen atoms in total. The summed E-state index contributed by atoms with van der Waals surface area (Å²) in [5.74, 6) is 0.124. The van der Waals surface area contributed by atoms with E-state index < -0.39 is 5.76 Å². The van der Waals surface area contributed by atoms with Crippen LogP contribution in [0.3, 0.4) is 0 Å². The molecule has 1 aliphatic carbocycles. The Bertz CT molecular complexity index is 397. The lowest BCUT2D eigenvalue weighted by atomic mass is 9.83. The number of rotatable bonds is 7. The normalized spacial score (nSPS) is 23.4. The maximum absolute atomic E-state index is 12.1. The van der Waals surface area contributed by atoms with Crippen LogP contribution in [-0.4, -0.2) is 11.8 Å². The van der Waals surface area contributed by atoms with Crippen LogP contribution in [0.25, 0.3) is 0 Å². The van der Waals surface area contributed by atoms with E-state index in [0.29, 0.717) is 30.1 Å². The number of halogens is 2. The summed E-state index contributed by atoms with van der Waals surface area (Å²) in [4.78, 5) is 0. The fourth-order valence-corrected chi connectivity index (χ4v) is 3.38. The standard InChI is InChI=1S/C15H23F2NOS/c1-2-11-5-3-4-6-14(11)18-9-12-7-8-13(19-12)10-20-15(16)17/h7-8,11,14-15,18H,2-6,9-10H2,1H3. The molecule has 2 atom stereocenters. The second-order valence-electron chi connectivity index (χ2n) is 5.38. The first-order valence-electron chi connectivity index (χ1n) is 7.39. The Balaban J connectivity index is 1.78. The molecule has 20 heavy (non-hydrogen) atoms. The maximum Gasteiger partial charge on any atom is 0.284 e. The molecule has 5 heteroatoms. The molecule has 0 bridgehead atoms. The van der Waals surface area contributed by atoms with E-state index in [-0.39, 0.29) is 5.75 Å². The van der Waals surface area contributed by atoms with E-state index in [1.54, 1.807) is 6.07 Å². The number of furan rings is 1. The molecule has 1 aliphatic rings. The Morgan fingerprint density at radius 2 is 2.05 bits per heavy atom.